The Morgan fingerprint density at radius 1 is 1.14 bits per heavy atom. The van der Waals surface area contributed by atoms with Gasteiger partial charge in [0.05, 0.1) is 6.10 Å². The molecule has 78 valence electrons. The highest BCUT2D eigenvalue weighted by Crippen LogP contribution is 2.28. The van der Waals surface area contributed by atoms with Crippen molar-refractivity contribution in [2.24, 2.45) is 0 Å². The van der Waals surface area contributed by atoms with Crippen molar-refractivity contribution in [3.8, 4) is 5.75 Å². The molecule has 0 bridgehead atoms. The van der Waals surface area contributed by atoms with Crippen molar-refractivity contribution in [1.29, 1.82) is 0 Å². The largest absolute Gasteiger partial charge is 0.491 e. The van der Waals surface area contributed by atoms with Crippen molar-refractivity contribution in [2.45, 2.75) is 39.7 Å². The molecule has 14 heavy (non-hydrogen) atoms. The molecule has 1 aromatic rings. The predicted octanol–water partition coefficient (Wildman–Crippen LogP) is 4.36. The van der Waals surface area contributed by atoms with E-state index in [-0.39, 0.29) is 6.10 Å². The van der Waals surface area contributed by atoms with Gasteiger partial charge in [-0.1, -0.05) is 35.8 Å². The number of hydrogen-bond donors (Lipinski definition) is 0. The molecule has 0 N–H and O–H groups in total. The Balaban J connectivity index is 2.89. The van der Waals surface area contributed by atoms with E-state index in [1.807, 2.05) is 26.0 Å². The van der Waals surface area contributed by atoms with Crippen LogP contribution >= 0.6 is 15.9 Å². The minimum Gasteiger partial charge on any atom is -0.491 e. The lowest BCUT2D eigenvalue weighted by Crippen LogP contribution is -2.05. The van der Waals surface area contributed by atoms with Gasteiger partial charge >= 0.3 is 0 Å². The first-order chi connectivity index (χ1) is 6.50. The average Bonchev–Trinajstić information content (AvgIpc) is 2.01. The third kappa shape index (κ3) is 3.02. The lowest BCUT2D eigenvalue weighted by Gasteiger charge is -2.13. The highest BCUT2D eigenvalue weighted by atomic mass is 79.9. The van der Waals surface area contributed by atoms with Gasteiger partial charge in [-0.3, -0.25) is 0 Å². The third-order valence-electron chi connectivity index (χ3n) is 1.97. The highest BCUT2D eigenvalue weighted by Gasteiger charge is 2.06. The van der Waals surface area contributed by atoms with Crippen molar-refractivity contribution in [2.75, 3.05) is 0 Å². The van der Waals surface area contributed by atoms with Crippen molar-refractivity contribution in [1.82, 2.24) is 0 Å². The average molecular weight is 257 g/mol. The number of rotatable bonds is 3. The van der Waals surface area contributed by atoms with E-state index in [1.165, 1.54) is 5.56 Å². The molecule has 0 saturated carbocycles. The molecule has 0 radical (unpaired) electrons. The fraction of sp³-hybridized carbons (Fsp3) is 0.500. The zero-order valence-corrected chi connectivity index (χ0v) is 10.8. The lowest BCUT2D eigenvalue weighted by molar-refractivity contribution is 0.242. The first kappa shape index (κ1) is 11.6. The molecule has 0 amide bonds. The Kier molecular flexibility index (Phi) is 3.99. The molecule has 0 spiro atoms. The van der Waals surface area contributed by atoms with E-state index < -0.39 is 0 Å². The van der Waals surface area contributed by atoms with Gasteiger partial charge in [-0.05, 0) is 37.5 Å². The molecular weight excluding hydrogens is 240 g/mol. The summed E-state index contributed by atoms with van der Waals surface area (Å²) in [5.41, 5.74) is 1.32. The predicted molar refractivity (Wildman–Crippen MR) is 64.0 cm³/mol. The molecule has 0 fully saturated rings. The van der Waals surface area contributed by atoms with E-state index in [9.17, 15) is 0 Å². The Morgan fingerprint density at radius 3 is 2.21 bits per heavy atom. The zero-order chi connectivity index (χ0) is 10.7. The van der Waals surface area contributed by atoms with Gasteiger partial charge in [-0.15, -0.1) is 0 Å². The van der Waals surface area contributed by atoms with Gasteiger partial charge in [-0.25, -0.2) is 0 Å². The molecule has 0 aliphatic rings. The van der Waals surface area contributed by atoms with Crippen molar-refractivity contribution in [3.63, 3.8) is 0 Å². The van der Waals surface area contributed by atoms with E-state index in [0.717, 1.165) is 10.2 Å². The SMILES string of the molecule is CC(C)Oc1ccc(C(C)C)c(Br)c1. The summed E-state index contributed by atoms with van der Waals surface area (Å²) in [5, 5.41) is 0. The van der Waals surface area contributed by atoms with Gasteiger partial charge < -0.3 is 4.74 Å². The fourth-order valence-electron chi connectivity index (χ4n) is 1.32. The Morgan fingerprint density at radius 2 is 1.79 bits per heavy atom. The smallest absolute Gasteiger partial charge is 0.120 e. The molecule has 0 saturated heterocycles. The van der Waals surface area contributed by atoms with Crippen LogP contribution in [0.2, 0.25) is 0 Å². The first-order valence-electron chi connectivity index (χ1n) is 4.96. The first-order valence-corrected chi connectivity index (χ1v) is 5.76. The summed E-state index contributed by atoms with van der Waals surface area (Å²) >= 11 is 3.56. The second-order valence-corrected chi connectivity index (χ2v) is 4.86. The minimum absolute atomic E-state index is 0.229. The van der Waals surface area contributed by atoms with Crippen molar-refractivity contribution in [3.05, 3.63) is 28.2 Å². The van der Waals surface area contributed by atoms with E-state index in [1.54, 1.807) is 0 Å². The maximum Gasteiger partial charge on any atom is 0.120 e. The van der Waals surface area contributed by atoms with Crippen molar-refractivity contribution >= 4 is 15.9 Å². The summed E-state index contributed by atoms with van der Waals surface area (Å²) in [5.74, 6) is 1.47. The van der Waals surface area contributed by atoms with Gasteiger partial charge in [0.15, 0.2) is 0 Å². The van der Waals surface area contributed by atoms with Crippen LogP contribution in [0.15, 0.2) is 22.7 Å². The number of hydrogen-bond acceptors (Lipinski definition) is 1. The van der Waals surface area contributed by atoms with Crippen LogP contribution in [0.4, 0.5) is 0 Å². The van der Waals surface area contributed by atoms with Crippen LogP contribution in [-0.4, -0.2) is 6.10 Å². The van der Waals surface area contributed by atoms with Crippen LogP contribution in [-0.2, 0) is 0 Å². The second-order valence-electron chi connectivity index (χ2n) is 4.00. The summed E-state index contributed by atoms with van der Waals surface area (Å²) in [6.45, 7) is 8.43. The second kappa shape index (κ2) is 4.83. The van der Waals surface area contributed by atoms with Gasteiger partial charge in [0.2, 0.25) is 0 Å². The zero-order valence-electron chi connectivity index (χ0n) is 9.17. The Bertz CT molecular complexity index is 305. The van der Waals surface area contributed by atoms with Gasteiger partial charge in [0.1, 0.15) is 5.75 Å². The topological polar surface area (TPSA) is 9.23 Å². The van der Waals surface area contributed by atoms with Crippen LogP contribution in [0.3, 0.4) is 0 Å². The number of halogens is 1. The van der Waals surface area contributed by atoms with Crippen LogP contribution in [0, 0.1) is 0 Å². The molecule has 1 rings (SSSR count). The van der Waals surface area contributed by atoms with Gasteiger partial charge in [0.25, 0.3) is 0 Å². The highest BCUT2D eigenvalue weighted by molar-refractivity contribution is 9.10. The quantitative estimate of drug-likeness (QED) is 0.781. The molecule has 2 heteroatoms. The maximum atomic E-state index is 5.60. The van der Waals surface area contributed by atoms with Crippen LogP contribution in [0.25, 0.3) is 0 Å². The van der Waals surface area contributed by atoms with E-state index in [0.29, 0.717) is 5.92 Å². The molecule has 0 heterocycles. The van der Waals surface area contributed by atoms with E-state index in [4.69, 9.17) is 4.74 Å². The van der Waals surface area contributed by atoms with Crippen LogP contribution in [0.5, 0.6) is 5.75 Å². The molecule has 1 aromatic carbocycles. The van der Waals surface area contributed by atoms with E-state index in [2.05, 4.69) is 35.8 Å². The summed E-state index contributed by atoms with van der Waals surface area (Å²) < 4.78 is 6.73. The summed E-state index contributed by atoms with van der Waals surface area (Å²) in [6, 6.07) is 6.18. The van der Waals surface area contributed by atoms with Crippen LogP contribution < -0.4 is 4.74 Å². The normalized spacial score (nSPS) is 11.1. The van der Waals surface area contributed by atoms with Crippen molar-refractivity contribution < 1.29 is 4.74 Å². The molecule has 0 aliphatic heterocycles. The number of benzene rings is 1. The molecule has 0 unspecified atom stereocenters. The van der Waals surface area contributed by atoms with Crippen LogP contribution in [0.1, 0.15) is 39.2 Å². The summed E-state index contributed by atoms with van der Waals surface area (Å²) in [7, 11) is 0. The molecule has 0 atom stereocenters. The summed E-state index contributed by atoms with van der Waals surface area (Å²) in [4.78, 5) is 0. The molecule has 1 nitrogen and oxygen atoms in total. The standard InChI is InChI=1S/C12H17BrO/c1-8(2)11-6-5-10(7-12(11)13)14-9(3)4/h5-9H,1-4H3. The maximum absolute atomic E-state index is 5.60. The van der Waals surface area contributed by atoms with Gasteiger partial charge in [-0.2, -0.15) is 0 Å². The number of ether oxygens (including phenoxy) is 1. The molecule has 0 aliphatic carbocycles. The molecular formula is C12H17BrO. The van der Waals surface area contributed by atoms with E-state index >= 15 is 0 Å². The third-order valence-corrected chi connectivity index (χ3v) is 2.65. The monoisotopic (exact) mass is 256 g/mol. The Labute approximate surface area is 94.6 Å². The minimum atomic E-state index is 0.229. The molecule has 0 aromatic heterocycles. The van der Waals surface area contributed by atoms with Gasteiger partial charge in [0, 0.05) is 4.47 Å². The summed E-state index contributed by atoms with van der Waals surface area (Å²) in [6.07, 6.45) is 0.229. The Hall–Kier alpha value is -0.500. The lowest BCUT2D eigenvalue weighted by atomic mass is 10.0. The fourth-order valence-corrected chi connectivity index (χ4v) is 2.14.